The Balaban J connectivity index is 2.40. The van der Waals surface area contributed by atoms with Crippen molar-refractivity contribution in [2.75, 3.05) is 13.2 Å². The molecule has 2 aromatic rings. The fourth-order valence-electron chi connectivity index (χ4n) is 1.90. The first-order chi connectivity index (χ1) is 10.1. The van der Waals surface area contributed by atoms with Crippen LogP contribution in [0, 0.1) is 0 Å². The summed E-state index contributed by atoms with van der Waals surface area (Å²) in [4.78, 5) is -0.130. The van der Waals surface area contributed by atoms with Crippen molar-refractivity contribution in [1.29, 1.82) is 0 Å². The number of hydrogen-bond donors (Lipinski definition) is 0. The SMILES string of the molecule is CCOc1cc(Br)c(C(Br)c2ccc(Cl)o2)cc1OCC. The molecule has 0 aliphatic carbocycles. The van der Waals surface area contributed by atoms with Crippen LogP contribution in [0.4, 0.5) is 0 Å². The van der Waals surface area contributed by atoms with Crippen LogP contribution in [0.15, 0.2) is 33.2 Å². The second-order valence-electron chi connectivity index (χ2n) is 4.19. The molecule has 1 aromatic carbocycles. The van der Waals surface area contributed by atoms with Crippen molar-refractivity contribution in [3.05, 3.63) is 45.3 Å². The molecule has 1 aromatic heterocycles. The highest BCUT2D eigenvalue weighted by molar-refractivity contribution is 9.11. The van der Waals surface area contributed by atoms with Gasteiger partial charge < -0.3 is 13.9 Å². The van der Waals surface area contributed by atoms with Crippen LogP contribution in [0.5, 0.6) is 11.5 Å². The van der Waals surface area contributed by atoms with E-state index < -0.39 is 0 Å². The van der Waals surface area contributed by atoms with Crippen molar-refractivity contribution in [1.82, 2.24) is 0 Å². The highest BCUT2D eigenvalue weighted by Gasteiger charge is 2.20. The van der Waals surface area contributed by atoms with Gasteiger partial charge in [0.1, 0.15) is 5.76 Å². The Labute approximate surface area is 145 Å². The molecule has 21 heavy (non-hydrogen) atoms. The number of furan rings is 1. The molecule has 1 unspecified atom stereocenters. The molecular formula is C15H15Br2ClO3. The summed E-state index contributed by atoms with van der Waals surface area (Å²) in [6.45, 7) is 5.03. The predicted octanol–water partition coefficient (Wildman–Crippen LogP) is 5.98. The number of hydrogen-bond acceptors (Lipinski definition) is 3. The van der Waals surface area contributed by atoms with Gasteiger partial charge in [0.2, 0.25) is 0 Å². The van der Waals surface area contributed by atoms with E-state index in [0.29, 0.717) is 29.9 Å². The fraction of sp³-hybridized carbons (Fsp3) is 0.333. The van der Waals surface area contributed by atoms with Crippen molar-refractivity contribution in [3.8, 4) is 11.5 Å². The Morgan fingerprint density at radius 1 is 1.14 bits per heavy atom. The largest absolute Gasteiger partial charge is 0.490 e. The van der Waals surface area contributed by atoms with Gasteiger partial charge >= 0.3 is 0 Å². The first-order valence-electron chi connectivity index (χ1n) is 6.55. The summed E-state index contributed by atoms with van der Waals surface area (Å²) in [6.07, 6.45) is 0. The summed E-state index contributed by atoms with van der Waals surface area (Å²) in [7, 11) is 0. The maximum atomic E-state index is 5.84. The van der Waals surface area contributed by atoms with Crippen molar-refractivity contribution in [3.63, 3.8) is 0 Å². The zero-order valence-corrected chi connectivity index (χ0v) is 15.6. The molecule has 0 aliphatic heterocycles. The van der Waals surface area contributed by atoms with Crippen LogP contribution in [0.3, 0.4) is 0 Å². The normalized spacial score (nSPS) is 12.2. The average Bonchev–Trinajstić information content (AvgIpc) is 2.88. The highest BCUT2D eigenvalue weighted by Crippen LogP contribution is 2.42. The van der Waals surface area contributed by atoms with Crippen LogP contribution in [-0.4, -0.2) is 13.2 Å². The van der Waals surface area contributed by atoms with Crippen LogP contribution in [0.2, 0.25) is 5.22 Å². The van der Waals surface area contributed by atoms with Crippen LogP contribution in [-0.2, 0) is 0 Å². The standard InChI is InChI=1S/C15H15Br2ClO3/c1-3-19-12-7-9(10(16)8-13(12)20-4-2)15(17)11-5-6-14(18)21-11/h5-8,15H,3-4H2,1-2H3. The second kappa shape index (κ2) is 7.56. The summed E-state index contributed by atoms with van der Waals surface area (Å²) < 4.78 is 17.6. The Bertz CT molecular complexity index is 613. The molecule has 0 saturated carbocycles. The third-order valence-electron chi connectivity index (χ3n) is 2.78. The lowest BCUT2D eigenvalue weighted by atomic mass is 10.1. The monoisotopic (exact) mass is 436 g/mol. The lowest BCUT2D eigenvalue weighted by Crippen LogP contribution is -2.01. The van der Waals surface area contributed by atoms with Gasteiger partial charge in [0.25, 0.3) is 0 Å². The Morgan fingerprint density at radius 2 is 1.76 bits per heavy atom. The number of ether oxygens (including phenoxy) is 2. The third-order valence-corrected chi connectivity index (χ3v) is 4.61. The van der Waals surface area contributed by atoms with E-state index in [1.54, 1.807) is 6.07 Å². The van der Waals surface area contributed by atoms with E-state index >= 15 is 0 Å². The lowest BCUT2D eigenvalue weighted by molar-refractivity contribution is 0.287. The molecule has 1 atom stereocenters. The molecule has 0 spiro atoms. The molecule has 3 nitrogen and oxygen atoms in total. The van der Waals surface area contributed by atoms with Crippen molar-refractivity contribution < 1.29 is 13.9 Å². The fourth-order valence-corrected chi connectivity index (χ4v) is 3.53. The zero-order valence-electron chi connectivity index (χ0n) is 11.7. The van der Waals surface area contributed by atoms with E-state index in [2.05, 4.69) is 31.9 Å². The molecule has 114 valence electrons. The summed E-state index contributed by atoms with van der Waals surface area (Å²) in [5, 5.41) is 0.363. The topological polar surface area (TPSA) is 31.6 Å². The van der Waals surface area contributed by atoms with E-state index in [-0.39, 0.29) is 4.83 Å². The summed E-state index contributed by atoms with van der Waals surface area (Å²) in [6, 6.07) is 7.40. The first kappa shape index (κ1) is 16.7. The van der Waals surface area contributed by atoms with Gasteiger partial charge in [-0.25, -0.2) is 0 Å². The minimum atomic E-state index is -0.130. The van der Waals surface area contributed by atoms with Gasteiger partial charge in [-0.3, -0.25) is 0 Å². The quantitative estimate of drug-likeness (QED) is 0.520. The maximum absolute atomic E-state index is 5.84. The molecule has 0 saturated heterocycles. The number of alkyl halides is 1. The Hall–Kier alpha value is -0.650. The number of halogens is 3. The van der Waals surface area contributed by atoms with E-state index in [0.717, 1.165) is 15.8 Å². The molecule has 6 heteroatoms. The minimum absolute atomic E-state index is 0.130. The maximum Gasteiger partial charge on any atom is 0.193 e. The summed E-state index contributed by atoms with van der Waals surface area (Å²) >= 11 is 13.0. The number of rotatable bonds is 6. The molecule has 1 heterocycles. The molecule has 0 radical (unpaired) electrons. The molecule has 0 N–H and O–H groups in total. The van der Waals surface area contributed by atoms with Gasteiger partial charge in [-0.2, -0.15) is 0 Å². The summed E-state index contributed by atoms with van der Waals surface area (Å²) in [5.41, 5.74) is 0.980. The van der Waals surface area contributed by atoms with Gasteiger partial charge in [0.05, 0.1) is 18.0 Å². The smallest absolute Gasteiger partial charge is 0.193 e. The lowest BCUT2D eigenvalue weighted by Gasteiger charge is -2.16. The van der Waals surface area contributed by atoms with Gasteiger partial charge in [-0.15, -0.1) is 0 Å². The van der Waals surface area contributed by atoms with Gasteiger partial charge in [-0.1, -0.05) is 31.9 Å². The zero-order chi connectivity index (χ0) is 15.4. The predicted molar refractivity (Wildman–Crippen MR) is 91.0 cm³/mol. The second-order valence-corrected chi connectivity index (χ2v) is 6.33. The van der Waals surface area contributed by atoms with Crippen molar-refractivity contribution >= 4 is 43.5 Å². The molecule has 0 aliphatic rings. The van der Waals surface area contributed by atoms with Gasteiger partial charge in [0, 0.05) is 4.47 Å². The Kier molecular flexibility index (Phi) is 6.02. The molecule has 0 bridgehead atoms. The Morgan fingerprint density at radius 3 is 2.29 bits per heavy atom. The molecule has 0 amide bonds. The summed E-state index contributed by atoms with van der Waals surface area (Å²) in [5.74, 6) is 2.15. The van der Waals surface area contributed by atoms with Crippen LogP contribution in [0.25, 0.3) is 0 Å². The van der Waals surface area contributed by atoms with Gasteiger partial charge in [-0.05, 0) is 55.3 Å². The van der Waals surface area contributed by atoms with Crippen LogP contribution < -0.4 is 9.47 Å². The highest BCUT2D eigenvalue weighted by atomic mass is 79.9. The van der Waals surface area contributed by atoms with E-state index in [1.807, 2.05) is 32.0 Å². The molecule has 2 rings (SSSR count). The van der Waals surface area contributed by atoms with Crippen LogP contribution >= 0.6 is 43.5 Å². The van der Waals surface area contributed by atoms with Gasteiger partial charge in [0.15, 0.2) is 16.7 Å². The van der Waals surface area contributed by atoms with Crippen molar-refractivity contribution in [2.45, 2.75) is 18.7 Å². The van der Waals surface area contributed by atoms with E-state index in [1.165, 1.54) is 0 Å². The average molecular weight is 439 g/mol. The molecular weight excluding hydrogens is 423 g/mol. The minimum Gasteiger partial charge on any atom is -0.490 e. The van der Waals surface area contributed by atoms with Crippen molar-refractivity contribution in [2.24, 2.45) is 0 Å². The van der Waals surface area contributed by atoms with Crippen LogP contribution in [0.1, 0.15) is 30.0 Å². The third kappa shape index (κ3) is 3.96. The molecule has 0 fully saturated rings. The van der Waals surface area contributed by atoms with E-state index in [4.69, 9.17) is 25.5 Å². The first-order valence-corrected chi connectivity index (χ1v) is 8.63. The number of benzene rings is 1. The van der Waals surface area contributed by atoms with E-state index in [9.17, 15) is 0 Å².